The third kappa shape index (κ3) is 4.83. The van der Waals surface area contributed by atoms with Crippen LogP contribution in [0.25, 0.3) is 5.76 Å². The number of aromatic nitrogens is 2. The summed E-state index contributed by atoms with van der Waals surface area (Å²) in [5.41, 5.74) is 2.04. The summed E-state index contributed by atoms with van der Waals surface area (Å²) in [5, 5.41) is 20.6. The van der Waals surface area contributed by atoms with Crippen LogP contribution < -0.4 is 14.4 Å². The monoisotopic (exact) mass is 519 g/mol. The number of Topliss-reactive ketones (excluding diaryl/α,β-unsaturated/α-hetero) is 1. The van der Waals surface area contributed by atoms with E-state index in [0.717, 1.165) is 17.7 Å². The van der Waals surface area contributed by atoms with Gasteiger partial charge in [0.05, 0.1) is 18.2 Å². The first-order chi connectivity index (χ1) is 17.7. The lowest BCUT2D eigenvalue weighted by Gasteiger charge is -2.23. The summed E-state index contributed by atoms with van der Waals surface area (Å²) in [4.78, 5) is 28.1. The average Bonchev–Trinajstić information content (AvgIpc) is 3.53. The largest absolute Gasteiger partial charge is 0.507 e. The number of ketones is 1. The molecule has 2 aliphatic rings. The Morgan fingerprint density at radius 1 is 1.22 bits per heavy atom. The van der Waals surface area contributed by atoms with Crippen LogP contribution >= 0.6 is 11.3 Å². The summed E-state index contributed by atoms with van der Waals surface area (Å²) in [5.74, 6) is 0.119. The second-order valence-corrected chi connectivity index (χ2v) is 11.0. The summed E-state index contributed by atoms with van der Waals surface area (Å²) in [6.07, 6.45) is 1.64. The van der Waals surface area contributed by atoms with Gasteiger partial charge in [-0.2, -0.15) is 0 Å². The van der Waals surface area contributed by atoms with Crippen molar-refractivity contribution in [2.24, 2.45) is 5.92 Å². The lowest BCUT2D eigenvalue weighted by atomic mass is 9.94. The van der Waals surface area contributed by atoms with Crippen molar-refractivity contribution in [3.05, 3.63) is 69.7 Å². The highest BCUT2D eigenvalue weighted by Crippen LogP contribution is 2.44. The van der Waals surface area contributed by atoms with Crippen molar-refractivity contribution in [2.75, 3.05) is 11.5 Å². The molecule has 2 aromatic carbocycles. The van der Waals surface area contributed by atoms with E-state index >= 15 is 0 Å². The number of hydrogen-bond acceptors (Lipinski definition) is 8. The topological polar surface area (TPSA) is 102 Å². The number of carbonyl (C=O) groups excluding carboxylic acids is 2. The molecule has 8 nitrogen and oxygen atoms in total. The summed E-state index contributed by atoms with van der Waals surface area (Å²) >= 11 is 1.22. The van der Waals surface area contributed by atoms with Crippen LogP contribution in [0.15, 0.2) is 48.0 Å². The number of aliphatic hydroxyl groups is 1. The van der Waals surface area contributed by atoms with Gasteiger partial charge in [0.1, 0.15) is 28.4 Å². The fourth-order valence-electron chi connectivity index (χ4n) is 4.64. The predicted molar refractivity (Wildman–Crippen MR) is 141 cm³/mol. The van der Waals surface area contributed by atoms with Crippen molar-refractivity contribution in [1.29, 1.82) is 0 Å². The number of fused-ring (bicyclic) bond motifs is 1. The number of ether oxygens (including phenoxy) is 2. The predicted octanol–water partition coefficient (Wildman–Crippen LogP) is 5.22. The van der Waals surface area contributed by atoms with Gasteiger partial charge in [0.2, 0.25) is 5.13 Å². The minimum absolute atomic E-state index is 0.00379. The molecule has 2 unspecified atom stereocenters. The molecule has 192 valence electrons. The van der Waals surface area contributed by atoms with Crippen molar-refractivity contribution in [3.63, 3.8) is 0 Å². The minimum atomic E-state index is -0.885. The molecule has 1 N–H and O–H groups in total. The van der Waals surface area contributed by atoms with Crippen LogP contribution in [0.5, 0.6) is 11.5 Å². The number of benzene rings is 2. The van der Waals surface area contributed by atoms with Gasteiger partial charge in [-0.1, -0.05) is 37.3 Å². The van der Waals surface area contributed by atoms with E-state index < -0.39 is 17.7 Å². The molecular weight excluding hydrogens is 490 g/mol. The Morgan fingerprint density at radius 3 is 2.76 bits per heavy atom. The highest BCUT2D eigenvalue weighted by Gasteiger charge is 2.48. The fourth-order valence-corrected chi connectivity index (χ4v) is 5.35. The highest BCUT2D eigenvalue weighted by molar-refractivity contribution is 7.15. The minimum Gasteiger partial charge on any atom is -0.507 e. The zero-order valence-electron chi connectivity index (χ0n) is 21.2. The molecule has 3 heterocycles. The summed E-state index contributed by atoms with van der Waals surface area (Å²) in [7, 11) is 0. The Kier molecular flexibility index (Phi) is 6.72. The van der Waals surface area contributed by atoms with E-state index in [1.54, 1.807) is 19.1 Å². The molecule has 0 aliphatic carbocycles. The third-order valence-corrected chi connectivity index (χ3v) is 7.31. The van der Waals surface area contributed by atoms with Gasteiger partial charge in [-0.25, -0.2) is 0 Å². The highest BCUT2D eigenvalue weighted by atomic mass is 32.1. The van der Waals surface area contributed by atoms with Gasteiger partial charge in [0.25, 0.3) is 5.78 Å². The van der Waals surface area contributed by atoms with Gasteiger partial charge in [0, 0.05) is 12.0 Å². The van der Waals surface area contributed by atoms with E-state index in [9.17, 15) is 14.7 Å². The quantitative estimate of drug-likeness (QED) is 0.259. The summed E-state index contributed by atoms with van der Waals surface area (Å²) in [6.45, 7) is 8.56. The van der Waals surface area contributed by atoms with Crippen molar-refractivity contribution >= 4 is 33.9 Å². The van der Waals surface area contributed by atoms with Gasteiger partial charge in [-0.05, 0) is 67.6 Å². The van der Waals surface area contributed by atoms with Gasteiger partial charge in [-0.3, -0.25) is 14.5 Å². The Labute approximate surface area is 219 Å². The number of aryl methyl sites for hydroxylation is 1. The van der Waals surface area contributed by atoms with E-state index in [1.165, 1.54) is 16.2 Å². The Morgan fingerprint density at radius 2 is 2.03 bits per heavy atom. The molecule has 1 aromatic heterocycles. The molecule has 2 atom stereocenters. The second kappa shape index (κ2) is 9.97. The lowest BCUT2D eigenvalue weighted by molar-refractivity contribution is -0.132. The molecule has 0 bridgehead atoms. The maximum absolute atomic E-state index is 13.4. The molecule has 2 aliphatic heterocycles. The van der Waals surface area contributed by atoms with Crippen LogP contribution in [0.3, 0.4) is 0 Å². The van der Waals surface area contributed by atoms with Gasteiger partial charge >= 0.3 is 5.91 Å². The molecule has 5 rings (SSSR count). The van der Waals surface area contributed by atoms with E-state index in [-0.39, 0.29) is 17.4 Å². The molecular formula is C28H29N3O5S. The molecule has 1 amide bonds. The van der Waals surface area contributed by atoms with Crippen molar-refractivity contribution in [3.8, 4) is 11.5 Å². The van der Waals surface area contributed by atoms with Crippen LogP contribution in [0, 0.1) is 12.8 Å². The van der Waals surface area contributed by atoms with Crippen LogP contribution in [-0.4, -0.2) is 39.7 Å². The Bertz CT molecular complexity index is 1400. The first kappa shape index (κ1) is 25.0. The maximum atomic E-state index is 13.4. The van der Waals surface area contributed by atoms with Crippen LogP contribution in [0.2, 0.25) is 0 Å². The third-order valence-electron chi connectivity index (χ3n) is 6.47. The van der Waals surface area contributed by atoms with Crippen molar-refractivity contribution < 1.29 is 24.2 Å². The zero-order valence-corrected chi connectivity index (χ0v) is 22.0. The number of carbonyl (C=O) groups is 2. The first-order valence-corrected chi connectivity index (χ1v) is 13.2. The average molecular weight is 520 g/mol. The molecule has 0 spiro atoms. The number of amides is 1. The van der Waals surface area contributed by atoms with Crippen molar-refractivity contribution in [2.45, 2.75) is 52.7 Å². The van der Waals surface area contributed by atoms with E-state index in [4.69, 9.17) is 9.47 Å². The molecule has 1 saturated heterocycles. The normalized spacial score (nSPS) is 20.4. The zero-order chi connectivity index (χ0) is 26.3. The smallest absolute Gasteiger partial charge is 0.301 e. The Hall–Kier alpha value is -3.72. The van der Waals surface area contributed by atoms with Crippen molar-refractivity contribution in [1.82, 2.24) is 10.2 Å². The van der Waals surface area contributed by atoms with Gasteiger partial charge < -0.3 is 14.6 Å². The van der Waals surface area contributed by atoms with E-state index in [2.05, 4.69) is 24.0 Å². The second-order valence-electron chi connectivity index (χ2n) is 9.83. The summed E-state index contributed by atoms with van der Waals surface area (Å²) in [6, 6.07) is 11.7. The SMILES string of the molecule is Cc1nnc(N2C(=O)C(=O)/C(=C(\O)c3ccc4c(c3)CC(C)O4)C2c2cccc(OCCC(C)C)c2)s1. The molecule has 1 fully saturated rings. The summed E-state index contributed by atoms with van der Waals surface area (Å²) < 4.78 is 11.7. The molecule has 0 radical (unpaired) electrons. The molecule has 9 heteroatoms. The molecule has 3 aromatic rings. The first-order valence-electron chi connectivity index (χ1n) is 12.4. The Balaban J connectivity index is 1.61. The number of hydrogen-bond donors (Lipinski definition) is 1. The molecule has 0 saturated carbocycles. The van der Waals surface area contributed by atoms with Crippen LogP contribution in [0.1, 0.15) is 54.9 Å². The van der Waals surface area contributed by atoms with Gasteiger partial charge in [-0.15, -0.1) is 10.2 Å². The molecule has 37 heavy (non-hydrogen) atoms. The number of aliphatic hydroxyl groups excluding tert-OH is 1. The number of anilines is 1. The number of nitrogens with zero attached hydrogens (tertiary/aromatic N) is 3. The van der Waals surface area contributed by atoms with Gasteiger partial charge in [0.15, 0.2) is 0 Å². The standard InChI is InChI=1S/C28H29N3O5S/c1-15(2)10-11-35-21-7-5-6-18(14-21)24-23(26(33)27(34)31(24)28-30-29-17(4)37-28)25(32)19-8-9-22-20(13-19)12-16(3)36-22/h5-9,13-16,24,32H,10-12H2,1-4H3/b25-23-. The fraction of sp³-hybridized carbons (Fsp3) is 0.357. The van der Waals surface area contributed by atoms with Crippen LogP contribution in [0.4, 0.5) is 5.13 Å². The maximum Gasteiger partial charge on any atom is 0.301 e. The van der Waals surface area contributed by atoms with Crippen LogP contribution in [-0.2, 0) is 16.0 Å². The van der Waals surface area contributed by atoms with E-state index in [0.29, 0.717) is 46.0 Å². The van der Waals surface area contributed by atoms with E-state index in [1.807, 2.05) is 37.3 Å². The lowest BCUT2D eigenvalue weighted by Crippen LogP contribution is -2.29. The number of rotatable bonds is 7.